The van der Waals surface area contributed by atoms with Crippen LogP contribution in [0.2, 0.25) is 0 Å². The van der Waals surface area contributed by atoms with Gasteiger partial charge in [-0.25, -0.2) is 0 Å². The maximum Gasteiger partial charge on any atom is 0.416 e. The van der Waals surface area contributed by atoms with E-state index in [1.165, 1.54) is 12.1 Å². The van der Waals surface area contributed by atoms with Crippen LogP contribution < -0.4 is 11.1 Å². The highest BCUT2D eigenvalue weighted by Gasteiger charge is 2.30. The first kappa shape index (κ1) is 18.7. The molecule has 1 unspecified atom stereocenters. The minimum Gasteiger partial charge on any atom is -0.325 e. The molecule has 0 aliphatic heterocycles. The van der Waals surface area contributed by atoms with Crippen molar-refractivity contribution in [3.63, 3.8) is 0 Å². The summed E-state index contributed by atoms with van der Waals surface area (Å²) in [5, 5.41) is 2.51. The van der Waals surface area contributed by atoms with Gasteiger partial charge in [-0.3, -0.25) is 4.79 Å². The fourth-order valence-corrected chi connectivity index (χ4v) is 1.65. The van der Waals surface area contributed by atoms with Gasteiger partial charge in [0.1, 0.15) is 0 Å². The van der Waals surface area contributed by atoms with Crippen molar-refractivity contribution in [2.24, 2.45) is 5.73 Å². The second-order valence-corrected chi connectivity index (χ2v) is 4.70. The van der Waals surface area contributed by atoms with Crippen molar-refractivity contribution < 1.29 is 18.0 Å². The molecule has 3 N–H and O–H groups in total. The molecule has 0 aliphatic carbocycles. The zero-order valence-electron chi connectivity index (χ0n) is 11.3. The molecule has 1 atom stereocenters. The molecule has 0 saturated heterocycles. The van der Waals surface area contributed by atoms with Gasteiger partial charge in [0.15, 0.2) is 0 Å². The zero-order chi connectivity index (χ0) is 14.7. The van der Waals surface area contributed by atoms with E-state index in [1.807, 2.05) is 6.92 Å². The molecule has 3 nitrogen and oxygen atoms in total. The predicted octanol–water partition coefficient (Wildman–Crippen LogP) is 3.58. The fourth-order valence-electron chi connectivity index (χ4n) is 1.65. The molecule has 1 aromatic carbocycles. The number of carbonyl (C=O) groups is 1. The molecule has 7 heteroatoms. The molecule has 1 amide bonds. The lowest BCUT2D eigenvalue weighted by Gasteiger charge is -2.22. The molecule has 1 rings (SSSR count). The summed E-state index contributed by atoms with van der Waals surface area (Å²) >= 11 is 0. The molecule has 20 heavy (non-hydrogen) atoms. The Morgan fingerprint density at radius 1 is 1.25 bits per heavy atom. The van der Waals surface area contributed by atoms with E-state index >= 15 is 0 Å². The van der Waals surface area contributed by atoms with Gasteiger partial charge >= 0.3 is 6.18 Å². The van der Waals surface area contributed by atoms with E-state index in [9.17, 15) is 18.0 Å². The van der Waals surface area contributed by atoms with E-state index in [0.717, 1.165) is 18.6 Å². The molecule has 0 saturated carbocycles. The molecule has 1 aromatic rings. The topological polar surface area (TPSA) is 55.1 Å². The molecule has 0 heterocycles. The summed E-state index contributed by atoms with van der Waals surface area (Å²) in [7, 11) is 0. The van der Waals surface area contributed by atoms with E-state index in [4.69, 9.17) is 5.73 Å². The standard InChI is InChI=1S/C13H17F3N2O.ClH/c1-3-8-12(2,17)11(19)18-10-6-4-9(5-7-10)13(14,15)16;/h4-7H,3,8,17H2,1-2H3,(H,18,19);1H. The van der Waals surface area contributed by atoms with E-state index in [0.29, 0.717) is 12.1 Å². The first-order valence-electron chi connectivity index (χ1n) is 5.94. The molecule has 0 fully saturated rings. The Morgan fingerprint density at radius 2 is 1.75 bits per heavy atom. The largest absolute Gasteiger partial charge is 0.416 e. The summed E-state index contributed by atoms with van der Waals surface area (Å²) in [4.78, 5) is 11.8. The van der Waals surface area contributed by atoms with Gasteiger partial charge in [-0.15, -0.1) is 12.4 Å². The first-order chi connectivity index (χ1) is 8.66. The highest BCUT2D eigenvalue weighted by Crippen LogP contribution is 2.29. The normalized spacial score (nSPS) is 14.1. The van der Waals surface area contributed by atoms with Crippen LogP contribution in [-0.2, 0) is 11.0 Å². The lowest BCUT2D eigenvalue weighted by atomic mass is 9.96. The number of benzene rings is 1. The summed E-state index contributed by atoms with van der Waals surface area (Å²) in [5.74, 6) is -0.408. The number of hydrogen-bond donors (Lipinski definition) is 2. The van der Waals surface area contributed by atoms with Crippen LogP contribution in [0.5, 0.6) is 0 Å². The smallest absolute Gasteiger partial charge is 0.325 e. The van der Waals surface area contributed by atoms with Gasteiger partial charge in [0.05, 0.1) is 11.1 Å². The Morgan fingerprint density at radius 3 is 2.15 bits per heavy atom. The Hall–Kier alpha value is -1.27. The molecule has 0 radical (unpaired) electrons. The Labute approximate surface area is 122 Å². The number of carbonyl (C=O) groups excluding carboxylic acids is 1. The van der Waals surface area contributed by atoms with Crippen LogP contribution in [0.1, 0.15) is 32.3 Å². The van der Waals surface area contributed by atoms with Crippen molar-refractivity contribution in [2.45, 2.75) is 38.4 Å². The van der Waals surface area contributed by atoms with Crippen LogP contribution in [-0.4, -0.2) is 11.4 Å². The second kappa shape index (κ2) is 6.95. The van der Waals surface area contributed by atoms with Crippen molar-refractivity contribution in [1.82, 2.24) is 0 Å². The summed E-state index contributed by atoms with van der Waals surface area (Å²) in [5.41, 5.74) is 4.34. The second-order valence-electron chi connectivity index (χ2n) is 4.70. The average Bonchev–Trinajstić information content (AvgIpc) is 2.28. The van der Waals surface area contributed by atoms with Crippen LogP contribution in [0, 0.1) is 0 Å². The maximum absolute atomic E-state index is 12.4. The molecule has 0 spiro atoms. The van der Waals surface area contributed by atoms with Gasteiger partial charge in [-0.1, -0.05) is 13.3 Å². The van der Waals surface area contributed by atoms with Crippen LogP contribution in [0.25, 0.3) is 0 Å². The van der Waals surface area contributed by atoms with Crippen molar-refractivity contribution in [3.05, 3.63) is 29.8 Å². The van der Waals surface area contributed by atoms with Crippen molar-refractivity contribution in [3.8, 4) is 0 Å². The van der Waals surface area contributed by atoms with E-state index in [2.05, 4.69) is 5.32 Å². The summed E-state index contributed by atoms with van der Waals surface area (Å²) in [6.07, 6.45) is -3.14. The van der Waals surface area contributed by atoms with Crippen molar-refractivity contribution >= 4 is 24.0 Å². The van der Waals surface area contributed by atoms with Crippen molar-refractivity contribution in [2.75, 3.05) is 5.32 Å². The van der Waals surface area contributed by atoms with E-state index in [1.54, 1.807) is 6.92 Å². The number of amides is 1. The molecule has 114 valence electrons. The fraction of sp³-hybridized carbons (Fsp3) is 0.462. The molecular formula is C13H18ClF3N2O. The van der Waals surface area contributed by atoms with Gasteiger partial charge in [-0.05, 0) is 37.6 Å². The number of hydrogen-bond acceptors (Lipinski definition) is 2. The van der Waals surface area contributed by atoms with Gasteiger partial charge in [0.2, 0.25) is 5.91 Å². The lowest BCUT2D eigenvalue weighted by molar-refractivity contribution is -0.137. The molecule has 0 aliphatic rings. The summed E-state index contributed by atoms with van der Waals surface area (Å²) < 4.78 is 37.1. The van der Waals surface area contributed by atoms with Gasteiger partial charge < -0.3 is 11.1 Å². The number of anilines is 1. The van der Waals surface area contributed by atoms with Crippen LogP contribution in [0.4, 0.5) is 18.9 Å². The van der Waals surface area contributed by atoms with Gasteiger partial charge in [0, 0.05) is 5.69 Å². The third kappa shape index (κ3) is 5.02. The van der Waals surface area contributed by atoms with E-state index < -0.39 is 23.2 Å². The van der Waals surface area contributed by atoms with E-state index in [-0.39, 0.29) is 12.4 Å². The van der Waals surface area contributed by atoms with Gasteiger partial charge in [0.25, 0.3) is 0 Å². The Bertz CT molecular complexity index is 444. The predicted molar refractivity (Wildman–Crippen MR) is 74.8 cm³/mol. The quantitative estimate of drug-likeness (QED) is 0.893. The number of rotatable bonds is 4. The third-order valence-corrected chi connectivity index (χ3v) is 2.76. The number of nitrogens with two attached hydrogens (primary N) is 1. The van der Waals surface area contributed by atoms with Crippen LogP contribution in [0.15, 0.2) is 24.3 Å². The van der Waals surface area contributed by atoms with Crippen molar-refractivity contribution in [1.29, 1.82) is 0 Å². The average molecular weight is 311 g/mol. The number of halogens is 4. The van der Waals surface area contributed by atoms with Crippen LogP contribution >= 0.6 is 12.4 Å². The Balaban J connectivity index is 0.00000361. The summed E-state index contributed by atoms with van der Waals surface area (Å²) in [6, 6.07) is 4.26. The minimum absolute atomic E-state index is 0. The molecular weight excluding hydrogens is 293 g/mol. The monoisotopic (exact) mass is 310 g/mol. The molecule has 0 bridgehead atoms. The third-order valence-electron chi connectivity index (χ3n) is 2.76. The molecule has 0 aromatic heterocycles. The minimum atomic E-state index is -4.38. The van der Waals surface area contributed by atoms with Crippen LogP contribution in [0.3, 0.4) is 0 Å². The lowest BCUT2D eigenvalue weighted by Crippen LogP contribution is -2.48. The zero-order valence-corrected chi connectivity index (χ0v) is 12.1. The number of alkyl halides is 3. The highest BCUT2D eigenvalue weighted by molar-refractivity contribution is 5.97. The highest BCUT2D eigenvalue weighted by atomic mass is 35.5. The number of nitrogens with one attached hydrogen (secondary N) is 1. The maximum atomic E-state index is 12.4. The Kier molecular flexibility index (Phi) is 6.50. The SMILES string of the molecule is CCCC(C)(N)C(=O)Nc1ccc(C(F)(F)F)cc1.Cl. The first-order valence-corrected chi connectivity index (χ1v) is 5.94. The summed E-state index contributed by atoms with van der Waals surface area (Å²) in [6.45, 7) is 3.49. The van der Waals surface area contributed by atoms with Gasteiger partial charge in [-0.2, -0.15) is 13.2 Å².